The number of thioether (sulfide) groups is 1. The van der Waals surface area contributed by atoms with Crippen molar-refractivity contribution >= 4 is 29.7 Å². The molecule has 0 unspecified atom stereocenters. The van der Waals surface area contributed by atoms with E-state index in [0.717, 1.165) is 5.75 Å². The van der Waals surface area contributed by atoms with Gasteiger partial charge in [-0.3, -0.25) is 14.4 Å². The summed E-state index contributed by atoms with van der Waals surface area (Å²) in [6, 6.07) is 0. The van der Waals surface area contributed by atoms with Crippen molar-refractivity contribution < 1.29 is 33.3 Å². The first-order valence-electron chi connectivity index (χ1n) is 7.06. The summed E-state index contributed by atoms with van der Waals surface area (Å²) in [5.74, 6) is -0.635. The molecule has 1 aliphatic heterocycles. The molecule has 0 amide bonds. The summed E-state index contributed by atoms with van der Waals surface area (Å²) in [7, 11) is 0. The van der Waals surface area contributed by atoms with Crippen LogP contribution in [-0.4, -0.2) is 60.4 Å². The van der Waals surface area contributed by atoms with Crippen LogP contribution in [0.4, 0.5) is 0 Å². The van der Waals surface area contributed by atoms with Crippen LogP contribution in [0.2, 0.25) is 0 Å². The molecule has 0 saturated carbocycles. The van der Waals surface area contributed by atoms with E-state index in [-0.39, 0.29) is 11.9 Å². The van der Waals surface area contributed by atoms with Crippen LogP contribution in [0.15, 0.2) is 0 Å². The first-order chi connectivity index (χ1) is 10.3. The average molecular weight is 334 g/mol. The minimum atomic E-state index is -0.807. The van der Waals surface area contributed by atoms with Gasteiger partial charge in [0.1, 0.15) is 12.7 Å². The summed E-state index contributed by atoms with van der Waals surface area (Å²) >= 11 is 1.56. The number of carbonyl (C=O) groups is 3. The third-order valence-corrected chi connectivity index (χ3v) is 4.13. The van der Waals surface area contributed by atoms with Gasteiger partial charge in [0.05, 0.1) is 11.9 Å². The normalized spacial score (nSPS) is 27.8. The molecule has 1 heterocycles. The molecule has 1 saturated heterocycles. The van der Waals surface area contributed by atoms with E-state index >= 15 is 0 Å². The molecule has 0 aromatic rings. The van der Waals surface area contributed by atoms with Crippen molar-refractivity contribution in [3.05, 3.63) is 0 Å². The Morgan fingerprint density at radius 2 is 1.64 bits per heavy atom. The van der Waals surface area contributed by atoms with Crippen molar-refractivity contribution in [2.75, 3.05) is 19.0 Å². The maximum absolute atomic E-state index is 11.4. The van der Waals surface area contributed by atoms with Crippen molar-refractivity contribution in [2.24, 2.45) is 0 Å². The predicted octanol–water partition coefficient (Wildman–Crippen LogP) is 0.933. The molecule has 7 nitrogen and oxygen atoms in total. The van der Waals surface area contributed by atoms with Gasteiger partial charge >= 0.3 is 17.9 Å². The summed E-state index contributed by atoms with van der Waals surface area (Å²) in [6.07, 6.45) is -2.11. The van der Waals surface area contributed by atoms with Crippen LogP contribution >= 0.6 is 11.8 Å². The Morgan fingerprint density at radius 1 is 1.05 bits per heavy atom. The molecule has 1 aliphatic rings. The van der Waals surface area contributed by atoms with Gasteiger partial charge < -0.3 is 18.9 Å². The van der Waals surface area contributed by atoms with E-state index in [1.54, 1.807) is 11.8 Å². The second kappa shape index (κ2) is 8.99. The lowest BCUT2D eigenvalue weighted by atomic mass is 10.0. The Bertz CT molecular complexity index is 412. The topological polar surface area (TPSA) is 88.1 Å². The van der Waals surface area contributed by atoms with Crippen LogP contribution in [0.3, 0.4) is 0 Å². The van der Waals surface area contributed by atoms with Crippen LogP contribution in [0.25, 0.3) is 0 Å². The van der Waals surface area contributed by atoms with Crippen molar-refractivity contribution in [3.63, 3.8) is 0 Å². The maximum Gasteiger partial charge on any atom is 0.303 e. The fraction of sp³-hybridized carbons (Fsp3) is 0.786. The van der Waals surface area contributed by atoms with Crippen LogP contribution < -0.4 is 0 Å². The molecule has 0 radical (unpaired) electrons. The molecule has 22 heavy (non-hydrogen) atoms. The molecule has 1 rings (SSSR count). The zero-order valence-electron chi connectivity index (χ0n) is 13.2. The smallest absolute Gasteiger partial charge is 0.303 e. The molecule has 0 bridgehead atoms. The van der Waals surface area contributed by atoms with E-state index in [1.807, 2.05) is 6.92 Å². The molecule has 8 heteroatoms. The predicted molar refractivity (Wildman–Crippen MR) is 79.4 cm³/mol. The van der Waals surface area contributed by atoms with Gasteiger partial charge in [0, 0.05) is 20.8 Å². The highest BCUT2D eigenvalue weighted by molar-refractivity contribution is 7.99. The lowest BCUT2D eigenvalue weighted by molar-refractivity contribution is -0.198. The van der Waals surface area contributed by atoms with E-state index < -0.39 is 36.2 Å². The lowest BCUT2D eigenvalue weighted by Crippen LogP contribution is -2.56. The number of rotatable bonds is 6. The largest absolute Gasteiger partial charge is 0.463 e. The second-order valence-electron chi connectivity index (χ2n) is 4.82. The zero-order valence-corrected chi connectivity index (χ0v) is 14.0. The highest BCUT2D eigenvalue weighted by atomic mass is 32.2. The van der Waals surface area contributed by atoms with Gasteiger partial charge in [0.2, 0.25) is 0 Å². The van der Waals surface area contributed by atoms with Crippen molar-refractivity contribution in [3.8, 4) is 0 Å². The van der Waals surface area contributed by atoms with E-state index in [1.165, 1.54) is 20.8 Å². The van der Waals surface area contributed by atoms with Crippen molar-refractivity contribution in [1.82, 2.24) is 0 Å². The minimum Gasteiger partial charge on any atom is -0.463 e. The second-order valence-corrected chi connectivity index (χ2v) is 6.33. The van der Waals surface area contributed by atoms with Crippen molar-refractivity contribution in [1.29, 1.82) is 0 Å². The van der Waals surface area contributed by atoms with Gasteiger partial charge in [0.15, 0.2) is 12.2 Å². The molecule has 0 aliphatic carbocycles. The molecule has 0 aromatic carbocycles. The SMILES string of the molecule is CCS[C@@H]1CO[C@H](COC(C)=O)[C@@H](OC(C)=O)[C@@H]1OC(C)=O. The lowest BCUT2D eigenvalue weighted by Gasteiger charge is -2.40. The number of hydrogen-bond donors (Lipinski definition) is 0. The molecular weight excluding hydrogens is 312 g/mol. The van der Waals surface area contributed by atoms with Crippen LogP contribution in [-0.2, 0) is 33.3 Å². The molecule has 1 fully saturated rings. The zero-order chi connectivity index (χ0) is 16.7. The fourth-order valence-corrected chi connectivity index (χ4v) is 3.20. The Hall–Kier alpha value is -1.28. The summed E-state index contributed by atoms with van der Waals surface area (Å²) in [4.78, 5) is 33.7. The third-order valence-electron chi connectivity index (χ3n) is 2.97. The minimum absolute atomic E-state index is 0.0610. The highest BCUT2D eigenvalue weighted by Crippen LogP contribution is 2.29. The highest BCUT2D eigenvalue weighted by Gasteiger charge is 2.45. The molecule has 4 atom stereocenters. The monoisotopic (exact) mass is 334 g/mol. The van der Waals surface area contributed by atoms with Gasteiger partial charge in [-0.05, 0) is 5.75 Å². The van der Waals surface area contributed by atoms with Gasteiger partial charge in [0.25, 0.3) is 0 Å². The van der Waals surface area contributed by atoms with Crippen LogP contribution in [0, 0.1) is 0 Å². The number of hydrogen-bond acceptors (Lipinski definition) is 8. The first kappa shape index (κ1) is 18.8. The molecule has 0 N–H and O–H groups in total. The summed E-state index contributed by atoms with van der Waals surface area (Å²) in [5, 5.41) is -0.146. The number of ether oxygens (including phenoxy) is 4. The first-order valence-corrected chi connectivity index (χ1v) is 8.11. The number of carbonyl (C=O) groups excluding carboxylic acids is 3. The van der Waals surface area contributed by atoms with Crippen molar-refractivity contribution in [2.45, 2.75) is 51.3 Å². The summed E-state index contributed by atoms with van der Waals surface area (Å²) in [5.41, 5.74) is 0. The Morgan fingerprint density at radius 3 is 2.14 bits per heavy atom. The van der Waals surface area contributed by atoms with E-state index in [0.29, 0.717) is 6.61 Å². The van der Waals surface area contributed by atoms with E-state index in [4.69, 9.17) is 18.9 Å². The Labute approximate surface area is 134 Å². The number of esters is 3. The Kier molecular flexibility index (Phi) is 7.67. The third kappa shape index (κ3) is 5.84. The quantitative estimate of drug-likeness (QED) is 0.524. The van der Waals surface area contributed by atoms with Gasteiger partial charge in [-0.2, -0.15) is 11.8 Å². The van der Waals surface area contributed by atoms with Crippen LogP contribution in [0.5, 0.6) is 0 Å². The van der Waals surface area contributed by atoms with Gasteiger partial charge in [-0.25, -0.2) is 0 Å². The Balaban J connectivity index is 2.92. The van der Waals surface area contributed by atoms with Crippen LogP contribution in [0.1, 0.15) is 27.7 Å². The fourth-order valence-electron chi connectivity index (χ4n) is 2.20. The summed E-state index contributed by atoms with van der Waals surface area (Å²) in [6.45, 7) is 6.08. The molecular formula is C14H22O7S. The average Bonchev–Trinajstić information content (AvgIpc) is 2.40. The molecule has 0 spiro atoms. The van der Waals surface area contributed by atoms with E-state index in [9.17, 15) is 14.4 Å². The summed E-state index contributed by atoms with van der Waals surface area (Å²) < 4.78 is 21.2. The van der Waals surface area contributed by atoms with Gasteiger partial charge in [-0.1, -0.05) is 6.92 Å². The molecule has 0 aromatic heterocycles. The maximum atomic E-state index is 11.4. The van der Waals surface area contributed by atoms with E-state index in [2.05, 4.69) is 0 Å². The molecule has 126 valence electrons. The standard InChI is InChI=1S/C14H22O7S/c1-5-22-12-7-19-11(6-18-8(2)15)13(20-9(3)16)14(12)21-10(4)17/h11-14H,5-7H2,1-4H3/t11-,12-,13-,14-/m1/s1. The van der Waals surface area contributed by atoms with Gasteiger partial charge in [-0.15, -0.1) is 0 Å².